The lowest BCUT2D eigenvalue weighted by Crippen LogP contribution is -2.41. The van der Waals surface area contributed by atoms with E-state index >= 15 is 0 Å². The molecule has 0 saturated carbocycles. The molecule has 0 amide bonds. The third kappa shape index (κ3) is 2.62. The molecular formula is C14H21BClNO3. The maximum absolute atomic E-state index is 6.16. The van der Waals surface area contributed by atoms with E-state index in [2.05, 4.69) is 0 Å². The molecule has 0 atom stereocenters. The van der Waals surface area contributed by atoms with Gasteiger partial charge in [0, 0.05) is 0 Å². The minimum atomic E-state index is -0.475. The maximum Gasteiger partial charge on any atom is 0.495 e. The molecule has 0 radical (unpaired) electrons. The lowest BCUT2D eigenvalue weighted by molar-refractivity contribution is 0.00578. The van der Waals surface area contributed by atoms with Gasteiger partial charge in [0.1, 0.15) is 5.75 Å². The SMILES string of the molecule is CCOc1cc(B2OC(C)(C)C(C)(C)O2)cc(Cl)c1N. The Kier molecular flexibility index (Phi) is 3.97. The van der Waals surface area contributed by atoms with Gasteiger partial charge in [0.15, 0.2) is 0 Å². The Hall–Kier alpha value is -0.905. The standard InChI is InChI=1S/C14H21BClNO3/c1-6-18-11-8-9(7-10(16)12(11)17)15-19-13(2,3)14(4,5)20-15/h7-8H,6,17H2,1-5H3. The van der Waals surface area contributed by atoms with Crippen molar-refractivity contribution < 1.29 is 14.0 Å². The molecule has 1 heterocycles. The van der Waals surface area contributed by atoms with Crippen molar-refractivity contribution in [2.45, 2.75) is 45.8 Å². The summed E-state index contributed by atoms with van der Waals surface area (Å²) in [5.74, 6) is 0.560. The predicted octanol–water partition coefficient (Wildman–Crippen LogP) is 2.62. The van der Waals surface area contributed by atoms with E-state index in [9.17, 15) is 0 Å². The van der Waals surface area contributed by atoms with Crippen molar-refractivity contribution in [3.63, 3.8) is 0 Å². The van der Waals surface area contributed by atoms with E-state index in [1.54, 1.807) is 6.07 Å². The smallest absolute Gasteiger partial charge is 0.492 e. The summed E-state index contributed by atoms with van der Waals surface area (Å²) in [5.41, 5.74) is 6.37. The van der Waals surface area contributed by atoms with E-state index < -0.39 is 18.3 Å². The Morgan fingerprint density at radius 3 is 2.25 bits per heavy atom. The summed E-state index contributed by atoms with van der Waals surface area (Å²) in [4.78, 5) is 0. The van der Waals surface area contributed by atoms with Crippen LogP contribution in [0.4, 0.5) is 5.69 Å². The highest BCUT2D eigenvalue weighted by atomic mass is 35.5. The van der Waals surface area contributed by atoms with Crippen LogP contribution in [0.25, 0.3) is 0 Å². The van der Waals surface area contributed by atoms with Crippen LogP contribution in [0.3, 0.4) is 0 Å². The minimum Gasteiger partial charge on any atom is -0.492 e. The Morgan fingerprint density at radius 1 is 1.20 bits per heavy atom. The number of rotatable bonds is 3. The highest BCUT2D eigenvalue weighted by Crippen LogP contribution is 2.37. The second kappa shape index (κ2) is 5.13. The third-order valence-electron chi connectivity index (χ3n) is 3.94. The Labute approximate surface area is 125 Å². The molecule has 1 aromatic carbocycles. The van der Waals surface area contributed by atoms with Crippen molar-refractivity contribution in [2.24, 2.45) is 0 Å². The van der Waals surface area contributed by atoms with Crippen molar-refractivity contribution in [2.75, 3.05) is 12.3 Å². The first-order valence-corrected chi connectivity index (χ1v) is 7.13. The van der Waals surface area contributed by atoms with Crippen LogP contribution in [0, 0.1) is 0 Å². The van der Waals surface area contributed by atoms with Gasteiger partial charge < -0.3 is 19.8 Å². The van der Waals surface area contributed by atoms with E-state index in [1.807, 2.05) is 40.7 Å². The lowest BCUT2D eigenvalue weighted by Gasteiger charge is -2.32. The molecule has 1 aliphatic rings. The Balaban J connectivity index is 2.35. The molecular weight excluding hydrogens is 276 g/mol. The minimum absolute atomic E-state index is 0.392. The number of anilines is 1. The third-order valence-corrected chi connectivity index (χ3v) is 4.25. The van der Waals surface area contributed by atoms with Crippen molar-refractivity contribution in [3.05, 3.63) is 17.2 Å². The van der Waals surface area contributed by atoms with Gasteiger partial charge in [-0.3, -0.25) is 0 Å². The number of nitrogen functional groups attached to an aromatic ring is 1. The quantitative estimate of drug-likeness (QED) is 0.688. The van der Waals surface area contributed by atoms with Crippen LogP contribution >= 0.6 is 11.6 Å². The maximum atomic E-state index is 6.16. The number of hydrogen-bond donors (Lipinski definition) is 1. The first-order valence-electron chi connectivity index (χ1n) is 6.75. The largest absolute Gasteiger partial charge is 0.495 e. The van der Waals surface area contributed by atoms with E-state index in [4.69, 9.17) is 31.4 Å². The fourth-order valence-electron chi connectivity index (χ4n) is 2.00. The number of halogens is 1. The average molecular weight is 298 g/mol. The van der Waals surface area contributed by atoms with Crippen LogP contribution in [0.15, 0.2) is 12.1 Å². The number of benzene rings is 1. The number of nitrogens with two attached hydrogens (primary N) is 1. The average Bonchev–Trinajstić information content (AvgIpc) is 2.54. The summed E-state index contributed by atoms with van der Waals surface area (Å²) < 4.78 is 17.5. The van der Waals surface area contributed by atoms with Gasteiger partial charge in [0.2, 0.25) is 0 Å². The molecule has 20 heavy (non-hydrogen) atoms. The molecule has 0 bridgehead atoms. The van der Waals surface area contributed by atoms with Gasteiger partial charge in [-0.2, -0.15) is 0 Å². The molecule has 0 aromatic heterocycles. The molecule has 1 saturated heterocycles. The van der Waals surface area contributed by atoms with Crippen LogP contribution in [0.1, 0.15) is 34.6 Å². The highest BCUT2D eigenvalue weighted by molar-refractivity contribution is 6.62. The topological polar surface area (TPSA) is 53.7 Å². The second-order valence-electron chi connectivity index (χ2n) is 5.94. The molecule has 0 unspecified atom stereocenters. The first kappa shape index (κ1) is 15.5. The zero-order valence-electron chi connectivity index (χ0n) is 12.6. The fraction of sp³-hybridized carbons (Fsp3) is 0.571. The fourth-order valence-corrected chi connectivity index (χ4v) is 2.22. The van der Waals surface area contributed by atoms with Crippen molar-refractivity contribution in [1.29, 1.82) is 0 Å². The van der Waals surface area contributed by atoms with E-state index in [-0.39, 0.29) is 0 Å². The molecule has 110 valence electrons. The zero-order valence-corrected chi connectivity index (χ0v) is 13.4. The van der Waals surface area contributed by atoms with Crippen molar-refractivity contribution in [3.8, 4) is 5.75 Å². The summed E-state index contributed by atoms with van der Waals surface area (Å²) >= 11 is 6.16. The summed E-state index contributed by atoms with van der Waals surface area (Å²) in [7, 11) is -0.475. The highest BCUT2D eigenvalue weighted by Gasteiger charge is 2.51. The van der Waals surface area contributed by atoms with Gasteiger partial charge in [-0.15, -0.1) is 0 Å². The summed E-state index contributed by atoms with van der Waals surface area (Å²) in [6.45, 7) is 10.5. The normalized spacial score (nSPS) is 20.2. The molecule has 2 N–H and O–H groups in total. The number of hydrogen-bond acceptors (Lipinski definition) is 4. The molecule has 1 aromatic rings. The van der Waals surface area contributed by atoms with Gasteiger partial charge in [-0.05, 0) is 52.2 Å². The molecule has 0 spiro atoms. The van der Waals surface area contributed by atoms with Crippen molar-refractivity contribution >= 4 is 29.9 Å². The molecule has 1 fully saturated rings. The molecule has 6 heteroatoms. The predicted molar refractivity (Wildman–Crippen MR) is 82.7 cm³/mol. The van der Waals surface area contributed by atoms with Crippen LogP contribution in [-0.4, -0.2) is 24.9 Å². The van der Waals surface area contributed by atoms with Crippen molar-refractivity contribution in [1.82, 2.24) is 0 Å². The van der Waals surface area contributed by atoms with Gasteiger partial charge >= 0.3 is 7.12 Å². The van der Waals surface area contributed by atoms with Crippen LogP contribution in [-0.2, 0) is 9.31 Å². The van der Waals surface area contributed by atoms with E-state index in [0.29, 0.717) is 23.1 Å². The molecule has 2 rings (SSSR count). The van der Waals surface area contributed by atoms with Crippen LogP contribution in [0.5, 0.6) is 5.75 Å². The van der Waals surface area contributed by atoms with Crippen LogP contribution < -0.4 is 15.9 Å². The zero-order chi connectivity index (χ0) is 15.1. The van der Waals surface area contributed by atoms with Gasteiger partial charge in [0.25, 0.3) is 0 Å². The summed E-state index contributed by atoms with van der Waals surface area (Å²) in [5, 5.41) is 0.445. The molecule has 1 aliphatic heterocycles. The van der Waals surface area contributed by atoms with Gasteiger partial charge in [-0.25, -0.2) is 0 Å². The van der Waals surface area contributed by atoms with E-state index in [0.717, 1.165) is 5.46 Å². The van der Waals surface area contributed by atoms with Gasteiger partial charge in [0.05, 0.1) is 28.5 Å². The molecule has 0 aliphatic carbocycles. The first-order chi connectivity index (χ1) is 9.18. The monoisotopic (exact) mass is 297 g/mol. The Bertz CT molecular complexity index is 503. The summed E-state index contributed by atoms with van der Waals surface area (Å²) in [6.07, 6.45) is 0. The summed E-state index contributed by atoms with van der Waals surface area (Å²) in [6, 6.07) is 3.59. The molecule has 4 nitrogen and oxygen atoms in total. The second-order valence-corrected chi connectivity index (χ2v) is 6.34. The van der Waals surface area contributed by atoms with E-state index in [1.165, 1.54) is 0 Å². The van der Waals surface area contributed by atoms with Gasteiger partial charge in [-0.1, -0.05) is 11.6 Å². The van der Waals surface area contributed by atoms with Crippen LogP contribution in [0.2, 0.25) is 5.02 Å². The number of ether oxygens (including phenoxy) is 1. The Morgan fingerprint density at radius 2 is 1.75 bits per heavy atom. The lowest BCUT2D eigenvalue weighted by atomic mass is 9.79.